The second kappa shape index (κ2) is 10.6. The molecule has 146 valence electrons. The molecule has 0 aliphatic rings. The van der Waals surface area contributed by atoms with Crippen molar-refractivity contribution in [2.45, 2.75) is 33.2 Å². The second-order valence-corrected chi connectivity index (χ2v) is 7.25. The summed E-state index contributed by atoms with van der Waals surface area (Å²) in [7, 11) is -3.58. The van der Waals surface area contributed by atoms with E-state index in [2.05, 4.69) is 5.32 Å². The number of benzene rings is 1. The van der Waals surface area contributed by atoms with Crippen LogP contribution in [-0.2, 0) is 26.2 Å². The SMILES string of the molecule is CCCCN(Cc1ccc(OS(C)(=O)=O)cc1)C(=O)NCC(=O)OCC. The molecule has 0 heterocycles. The Balaban J connectivity index is 2.71. The van der Waals surface area contributed by atoms with Crippen LogP contribution in [-0.4, -0.2) is 51.3 Å². The number of amides is 2. The smallest absolute Gasteiger partial charge is 0.325 e. The fourth-order valence-corrected chi connectivity index (χ4v) is 2.58. The average molecular weight is 386 g/mol. The lowest BCUT2D eigenvalue weighted by Crippen LogP contribution is -2.42. The predicted octanol–water partition coefficient (Wildman–Crippen LogP) is 1.90. The fraction of sp³-hybridized carbons (Fsp3) is 0.529. The minimum Gasteiger partial charge on any atom is -0.465 e. The number of carbonyl (C=O) groups is 2. The summed E-state index contributed by atoms with van der Waals surface area (Å²) in [6, 6.07) is 6.09. The molecule has 1 N–H and O–H groups in total. The molecular weight excluding hydrogens is 360 g/mol. The summed E-state index contributed by atoms with van der Waals surface area (Å²) in [5, 5.41) is 2.55. The van der Waals surface area contributed by atoms with E-state index in [1.807, 2.05) is 6.92 Å². The van der Waals surface area contributed by atoms with Gasteiger partial charge in [-0.3, -0.25) is 4.79 Å². The zero-order valence-electron chi connectivity index (χ0n) is 15.4. The molecule has 1 aromatic carbocycles. The molecule has 26 heavy (non-hydrogen) atoms. The third-order valence-corrected chi connectivity index (χ3v) is 3.80. The molecule has 1 aromatic rings. The van der Waals surface area contributed by atoms with Crippen LogP contribution < -0.4 is 9.50 Å². The molecule has 0 fully saturated rings. The topological polar surface area (TPSA) is 102 Å². The molecule has 9 heteroatoms. The Morgan fingerprint density at radius 1 is 1.15 bits per heavy atom. The maximum Gasteiger partial charge on any atom is 0.325 e. The Morgan fingerprint density at radius 3 is 2.35 bits per heavy atom. The standard InChI is InChI=1S/C17H26N2O6S/c1-4-6-11-19(17(21)18-12-16(20)24-5-2)13-14-7-9-15(10-8-14)25-26(3,22)23/h7-10H,4-6,11-13H2,1-3H3,(H,18,21). The quantitative estimate of drug-likeness (QED) is 0.487. The van der Waals surface area contributed by atoms with Crippen LogP contribution in [0.2, 0.25) is 0 Å². The van der Waals surface area contributed by atoms with Crippen LogP contribution >= 0.6 is 0 Å². The summed E-state index contributed by atoms with van der Waals surface area (Å²) >= 11 is 0. The monoisotopic (exact) mass is 386 g/mol. The number of hydrogen-bond acceptors (Lipinski definition) is 6. The highest BCUT2D eigenvalue weighted by molar-refractivity contribution is 7.86. The van der Waals surface area contributed by atoms with Crippen molar-refractivity contribution in [3.8, 4) is 5.75 Å². The van der Waals surface area contributed by atoms with Crippen molar-refractivity contribution in [1.82, 2.24) is 10.2 Å². The van der Waals surface area contributed by atoms with E-state index in [0.717, 1.165) is 24.7 Å². The number of rotatable bonds is 10. The van der Waals surface area contributed by atoms with E-state index >= 15 is 0 Å². The largest absolute Gasteiger partial charge is 0.465 e. The first-order valence-electron chi connectivity index (χ1n) is 8.42. The van der Waals surface area contributed by atoms with Gasteiger partial charge in [-0.05, 0) is 31.0 Å². The summed E-state index contributed by atoms with van der Waals surface area (Å²) in [6.07, 6.45) is 2.71. The van der Waals surface area contributed by atoms with Gasteiger partial charge in [0.2, 0.25) is 0 Å². The number of nitrogens with zero attached hydrogens (tertiary/aromatic N) is 1. The number of ether oxygens (including phenoxy) is 1. The Labute approximate surface area is 154 Å². The van der Waals surface area contributed by atoms with Crippen LogP contribution in [0, 0.1) is 0 Å². The van der Waals surface area contributed by atoms with Gasteiger partial charge in [0.15, 0.2) is 0 Å². The molecule has 0 aliphatic heterocycles. The second-order valence-electron chi connectivity index (χ2n) is 5.67. The molecule has 0 spiro atoms. The van der Waals surface area contributed by atoms with Gasteiger partial charge in [0, 0.05) is 13.1 Å². The van der Waals surface area contributed by atoms with Gasteiger partial charge >= 0.3 is 22.1 Å². The Kier molecular flexibility index (Phi) is 8.91. The van der Waals surface area contributed by atoms with Crippen molar-refractivity contribution < 1.29 is 26.9 Å². The first kappa shape index (κ1) is 21.8. The highest BCUT2D eigenvalue weighted by Gasteiger charge is 2.15. The van der Waals surface area contributed by atoms with Crippen LogP contribution in [0.15, 0.2) is 24.3 Å². The predicted molar refractivity (Wildman–Crippen MR) is 97.3 cm³/mol. The fourth-order valence-electron chi connectivity index (χ4n) is 2.12. The van der Waals surface area contributed by atoms with Gasteiger partial charge in [-0.2, -0.15) is 8.42 Å². The molecule has 0 aromatic heterocycles. The molecule has 0 saturated carbocycles. The third-order valence-electron chi connectivity index (χ3n) is 3.30. The first-order valence-corrected chi connectivity index (χ1v) is 10.2. The van der Waals surface area contributed by atoms with Gasteiger partial charge in [-0.15, -0.1) is 0 Å². The van der Waals surface area contributed by atoms with E-state index in [4.69, 9.17) is 8.92 Å². The molecule has 0 saturated heterocycles. The van der Waals surface area contributed by atoms with Crippen molar-refractivity contribution in [3.05, 3.63) is 29.8 Å². The average Bonchev–Trinajstić information content (AvgIpc) is 2.57. The summed E-state index contributed by atoms with van der Waals surface area (Å²) in [6.45, 7) is 4.66. The van der Waals surface area contributed by atoms with Crippen LogP contribution in [0.5, 0.6) is 5.75 Å². The van der Waals surface area contributed by atoms with Gasteiger partial charge in [0.25, 0.3) is 0 Å². The van der Waals surface area contributed by atoms with Crippen LogP contribution in [0.1, 0.15) is 32.3 Å². The van der Waals surface area contributed by atoms with Crippen molar-refractivity contribution in [3.63, 3.8) is 0 Å². The molecule has 0 bridgehead atoms. The van der Waals surface area contributed by atoms with Crippen LogP contribution in [0.25, 0.3) is 0 Å². The van der Waals surface area contributed by atoms with E-state index in [-0.39, 0.29) is 24.9 Å². The van der Waals surface area contributed by atoms with Crippen molar-refractivity contribution in [2.24, 2.45) is 0 Å². The zero-order valence-corrected chi connectivity index (χ0v) is 16.2. The maximum atomic E-state index is 12.3. The Bertz CT molecular complexity index is 688. The van der Waals surface area contributed by atoms with Gasteiger partial charge in [-0.25, -0.2) is 4.79 Å². The lowest BCUT2D eigenvalue weighted by atomic mass is 10.2. The lowest BCUT2D eigenvalue weighted by molar-refractivity contribution is -0.141. The summed E-state index contributed by atoms with van der Waals surface area (Å²) in [4.78, 5) is 25.3. The van der Waals surface area contributed by atoms with Gasteiger partial charge in [0.05, 0.1) is 12.9 Å². The van der Waals surface area contributed by atoms with Gasteiger partial charge < -0.3 is 19.1 Å². The molecule has 0 atom stereocenters. The molecule has 0 radical (unpaired) electrons. The molecule has 0 aliphatic carbocycles. The normalized spacial score (nSPS) is 10.9. The minimum atomic E-state index is -3.58. The van der Waals surface area contributed by atoms with E-state index in [1.54, 1.807) is 24.0 Å². The van der Waals surface area contributed by atoms with Crippen molar-refractivity contribution in [1.29, 1.82) is 0 Å². The summed E-state index contributed by atoms with van der Waals surface area (Å²) < 4.78 is 31.8. The third kappa shape index (κ3) is 8.70. The highest BCUT2D eigenvalue weighted by Crippen LogP contribution is 2.15. The number of unbranched alkanes of at least 4 members (excludes halogenated alkanes) is 1. The first-order chi connectivity index (χ1) is 12.2. The van der Waals surface area contributed by atoms with E-state index < -0.39 is 16.1 Å². The molecule has 8 nitrogen and oxygen atoms in total. The number of esters is 1. The molecule has 2 amide bonds. The molecule has 0 unspecified atom stereocenters. The van der Waals surface area contributed by atoms with Crippen molar-refractivity contribution in [2.75, 3.05) is 26.0 Å². The Morgan fingerprint density at radius 2 is 1.81 bits per heavy atom. The lowest BCUT2D eigenvalue weighted by Gasteiger charge is -2.23. The molecular formula is C17H26N2O6S. The molecule has 1 rings (SSSR count). The van der Waals surface area contributed by atoms with E-state index in [9.17, 15) is 18.0 Å². The van der Waals surface area contributed by atoms with Crippen molar-refractivity contribution >= 4 is 22.1 Å². The summed E-state index contributed by atoms with van der Waals surface area (Å²) in [5.41, 5.74) is 0.813. The number of nitrogens with one attached hydrogen (secondary N) is 1. The van der Waals surface area contributed by atoms with E-state index in [0.29, 0.717) is 13.1 Å². The minimum absolute atomic E-state index is 0.184. The number of urea groups is 1. The number of hydrogen-bond donors (Lipinski definition) is 1. The van der Waals surface area contributed by atoms with Crippen LogP contribution in [0.4, 0.5) is 4.79 Å². The highest BCUT2D eigenvalue weighted by atomic mass is 32.2. The Hall–Kier alpha value is -2.29. The van der Waals surface area contributed by atoms with E-state index in [1.165, 1.54) is 12.1 Å². The summed E-state index contributed by atoms with van der Waals surface area (Å²) in [5.74, 6) is -0.276. The van der Waals surface area contributed by atoms with Crippen LogP contribution in [0.3, 0.4) is 0 Å². The number of carbonyl (C=O) groups excluding carboxylic acids is 2. The maximum absolute atomic E-state index is 12.3. The zero-order chi connectivity index (χ0) is 19.6. The van der Waals surface area contributed by atoms with Gasteiger partial charge in [0.1, 0.15) is 12.3 Å². The van der Waals surface area contributed by atoms with Gasteiger partial charge in [-0.1, -0.05) is 25.5 Å².